The molecule has 4 heteroatoms. The molecular formula is C16H33N3O. The molecule has 0 radical (unpaired) electrons. The molecular weight excluding hydrogens is 250 g/mol. The van der Waals surface area contributed by atoms with Gasteiger partial charge in [-0.3, -0.25) is 9.80 Å². The first-order chi connectivity index (χ1) is 9.58. The highest BCUT2D eigenvalue weighted by Crippen LogP contribution is 2.15. The van der Waals surface area contributed by atoms with E-state index in [1.165, 1.54) is 45.7 Å². The molecule has 0 amide bonds. The normalized spacial score (nSPS) is 22.9. The predicted octanol–water partition coefficient (Wildman–Crippen LogP) is 1.51. The molecule has 0 bridgehead atoms. The van der Waals surface area contributed by atoms with E-state index in [-0.39, 0.29) is 0 Å². The van der Waals surface area contributed by atoms with Crippen molar-refractivity contribution >= 4 is 0 Å². The topological polar surface area (TPSA) is 19.0 Å². The zero-order valence-electron chi connectivity index (χ0n) is 13.8. The van der Waals surface area contributed by atoms with Gasteiger partial charge in [0, 0.05) is 44.8 Å². The van der Waals surface area contributed by atoms with Crippen molar-refractivity contribution in [3.05, 3.63) is 0 Å². The molecule has 0 aromatic heterocycles. The third-order valence-electron chi connectivity index (χ3n) is 4.78. The van der Waals surface area contributed by atoms with Crippen molar-refractivity contribution < 1.29 is 4.74 Å². The molecule has 2 rings (SSSR count). The van der Waals surface area contributed by atoms with Gasteiger partial charge in [0.15, 0.2) is 0 Å². The van der Waals surface area contributed by atoms with Crippen LogP contribution in [0.2, 0.25) is 0 Å². The molecule has 2 aliphatic heterocycles. The lowest BCUT2D eigenvalue weighted by Crippen LogP contribution is -2.53. The Balaban J connectivity index is 1.63. The van der Waals surface area contributed by atoms with Gasteiger partial charge in [-0.05, 0) is 40.7 Å². The highest BCUT2D eigenvalue weighted by Gasteiger charge is 2.27. The van der Waals surface area contributed by atoms with Gasteiger partial charge in [0.2, 0.25) is 0 Å². The summed E-state index contributed by atoms with van der Waals surface area (Å²) < 4.78 is 5.34. The molecule has 0 aliphatic carbocycles. The number of rotatable bonds is 7. The Hall–Kier alpha value is -0.160. The van der Waals surface area contributed by atoms with Crippen LogP contribution in [0, 0.1) is 0 Å². The van der Waals surface area contributed by atoms with Gasteiger partial charge in [-0.15, -0.1) is 0 Å². The minimum Gasteiger partial charge on any atom is -0.378 e. The average molecular weight is 283 g/mol. The van der Waals surface area contributed by atoms with Crippen LogP contribution in [-0.2, 0) is 4.74 Å². The largest absolute Gasteiger partial charge is 0.378 e. The second-order valence-electron chi connectivity index (χ2n) is 6.85. The van der Waals surface area contributed by atoms with Crippen LogP contribution >= 0.6 is 0 Å². The molecule has 2 heterocycles. The number of nitrogens with zero attached hydrogens (tertiary/aromatic N) is 3. The fourth-order valence-electron chi connectivity index (χ4n) is 3.26. The number of hydrogen-bond donors (Lipinski definition) is 0. The third-order valence-corrected chi connectivity index (χ3v) is 4.78. The smallest absolute Gasteiger partial charge is 0.0645 e. The Labute approximate surface area is 125 Å². The molecule has 0 spiro atoms. The Kier molecular flexibility index (Phi) is 6.27. The molecule has 2 saturated heterocycles. The fourth-order valence-corrected chi connectivity index (χ4v) is 3.26. The summed E-state index contributed by atoms with van der Waals surface area (Å²) in [4.78, 5) is 7.84. The second-order valence-corrected chi connectivity index (χ2v) is 6.85. The van der Waals surface area contributed by atoms with E-state index >= 15 is 0 Å². The Morgan fingerprint density at radius 2 is 1.70 bits per heavy atom. The van der Waals surface area contributed by atoms with Gasteiger partial charge in [-0.2, -0.15) is 0 Å². The van der Waals surface area contributed by atoms with Crippen molar-refractivity contribution in [3.8, 4) is 0 Å². The molecule has 2 aliphatic rings. The summed E-state index contributed by atoms with van der Waals surface area (Å²) in [6, 6.07) is 2.02. The van der Waals surface area contributed by atoms with Crippen molar-refractivity contribution in [2.75, 3.05) is 52.5 Å². The maximum Gasteiger partial charge on any atom is 0.0645 e. The maximum atomic E-state index is 5.34. The van der Waals surface area contributed by atoms with E-state index < -0.39 is 0 Å². The monoisotopic (exact) mass is 283 g/mol. The quantitative estimate of drug-likeness (QED) is 0.705. The highest BCUT2D eigenvalue weighted by molar-refractivity contribution is 4.80. The van der Waals surface area contributed by atoms with Gasteiger partial charge < -0.3 is 9.64 Å². The summed E-state index contributed by atoms with van der Waals surface area (Å²) in [6.07, 6.45) is 1.29. The summed E-state index contributed by atoms with van der Waals surface area (Å²) in [5, 5.41) is 0. The van der Waals surface area contributed by atoms with Crippen molar-refractivity contribution in [2.45, 2.75) is 52.2 Å². The lowest BCUT2D eigenvalue weighted by atomic mass is 10.1. The summed E-state index contributed by atoms with van der Waals surface area (Å²) >= 11 is 0. The van der Waals surface area contributed by atoms with Crippen LogP contribution in [0.15, 0.2) is 0 Å². The second kappa shape index (κ2) is 7.74. The van der Waals surface area contributed by atoms with Crippen molar-refractivity contribution in [1.82, 2.24) is 14.7 Å². The van der Waals surface area contributed by atoms with E-state index in [1.54, 1.807) is 0 Å². The van der Waals surface area contributed by atoms with Crippen LogP contribution in [0.25, 0.3) is 0 Å². The first kappa shape index (κ1) is 16.2. The molecule has 0 aromatic carbocycles. The predicted molar refractivity (Wildman–Crippen MR) is 84.2 cm³/mol. The minimum atomic E-state index is 0.640. The van der Waals surface area contributed by atoms with Gasteiger partial charge in [0.1, 0.15) is 0 Å². The van der Waals surface area contributed by atoms with Crippen LogP contribution in [0.5, 0.6) is 0 Å². The number of piperazine rings is 1. The number of hydrogen-bond acceptors (Lipinski definition) is 4. The van der Waals surface area contributed by atoms with Crippen LogP contribution in [-0.4, -0.2) is 85.3 Å². The Morgan fingerprint density at radius 1 is 1.05 bits per heavy atom. The summed E-state index contributed by atoms with van der Waals surface area (Å²) in [5.74, 6) is 0. The number of ether oxygens (including phenoxy) is 1. The van der Waals surface area contributed by atoms with Crippen molar-refractivity contribution in [3.63, 3.8) is 0 Å². The fraction of sp³-hybridized carbons (Fsp3) is 1.00. The third kappa shape index (κ3) is 4.42. The molecule has 20 heavy (non-hydrogen) atoms. The minimum absolute atomic E-state index is 0.640. The van der Waals surface area contributed by atoms with Gasteiger partial charge in [0.25, 0.3) is 0 Å². The van der Waals surface area contributed by atoms with E-state index in [4.69, 9.17) is 4.74 Å². The molecule has 0 saturated carbocycles. The summed E-state index contributed by atoms with van der Waals surface area (Å²) in [6.45, 7) is 18.5. The van der Waals surface area contributed by atoms with Crippen LogP contribution in [0.3, 0.4) is 0 Å². The van der Waals surface area contributed by atoms with E-state index in [0.717, 1.165) is 13.2 Å². The Morgan fingerprint density at radius 3 is 2.15 bits per heavy atom. The first-order valence-electron chi connectivity index (χ1n) is 8.38. The molecule has 0 aromatic rings. The molecule has 0 atom stereocenters. The van der Waals surface area contributed by atoms with Crippen LogP contribution in [0.4, 0.5) is 0 Å². The highest BCUT2D eigenvalue weighted by atomic mass is 16.5. The molecule has 4 nitrogen and oxygen atoms in total. The molecule has 2 fully saturated rings. The van der Waals surface area contributed by atoms with Gasteiger partial charge in [-0.1, -0.05) is 0 Å². The van der Waals surface area contributed by atoms with Gasteiger partial charge in [0.05, 0.1) is 19.3 Å². The van der Waals surface area contributed by atoms with E-state index in [0.29, 0.717) is 18.1 Å². The maximum absolute atomic E-state index is 5.34. The lowest BCUT2D eigenvalue weighted by molar-refractivity contribution is -0.0759. The van der Waals surface area contributed by atoms with Crippen LogP contribution < -0.4 is 0 Å². The zero-order valence-corrected chi connectivity index (χ0v) is 13.8. The van der Waals surface area contributed by atoms with E-state index in [9.17, 15) is 0 Å². The lowest BCUT2D eigenvalue weighted by Gasteiger charge is -2.41. The van der Waals surface area contributed by atoms with Crippen molar-refractivity contribution in [2.24, 2.45) is 0 Å². The average Bonchev–Trinajstić information content (AvgIpc) is 2.35. The van der Waals surface area contributed by atoms with E-state index in [1.807, 2.05) is 0 Å². The van der Waals surface area contributed by atoms with Gasteiger partial charge in [-0.25, -0.2) is 0 Å². The van der Waals surface area contributed by atoms with E-state index in [2.05, 4.69) is 42.4 Å². The van der Waals surface area contributed by atoms with Crippen LogP contribution in [0.1, 0.15) is 34.1 Å². The summed E-state index contributed by atoms with van der Waals surface area (Å²) in [5.41, 5.74) is 0. The standard InChI is InChI=1S/C16H33N3O/c1-14(2)18-10-8-17(9-11-18)6-5-7-19(15(3)4)16-12-20-13-16/h14-16H,5-13H2,1-4H3. The van der Waals surface area contributed by atoms with Crippen molar-refractivity contribution in [1.29, 1.82) is 0 Å². The molecule has 0 unspecified atom stereocenters. The zero-order chi connectivity index (χ0) is 14.5. The van der Waals surface area contributed by atoms with Gasteiger partial charge >= 0.3 is 0 Å². The molecule has 0 N–H and O–H groups in total. The first-order valence-corrected chi connectivity index (χ1v) is 8.38. The molecule has 118 valence electrons. The summed E-state index contributed by atoms with van der Waals surface area (Å²) in [7, 11) is 0. The Bertz CT molecular complexity index is 271. The SMILES string of the molecule is CC(C)N1CCN(CCCN(C(C)C)C2COC2)CC1.